The van der Waals surface area contributed by atoms with E-state index in [1.54, 1.807) is 0 Å². The Hall–Kier alpha value is 1.06. The van der Waals surface area contributed by atoms with Crippen molar-refractivity contribution in [2.45, 2.75) is 0 Å². The first-order valence-corrected chi connectivity index (χ1v) is 1.30. The molecule has 0 rings (SSSR count). The van der Waals surface area contributed by atoms with E-state index in [1.807, 2.05) is 0 Å². The minimum Gasteiger partial charge on any atom is -1.00 e. The molecular formula is C2H13AlCaMgO7. The predicted octanol–water partition coefficient (Wildman–Crippen LogP) is -1.88. The Kier molecular flexibility index (Phi) is 94.0. The standard InChI is InChI=1S/2CH2O3.Al.Ca.Mg.H2O.7H/c2*2-1(3)4;;;;;;;;;;;/h2*(H2,2,3,4);;;;1H2;;;;;;;/q;;;2*+2;;;;;4*-1. The van der Waals surface area contributed by atoms with Crippen LogP contribution in [0.15, 0.2) is 0 Å². The quantitative estimate of drug-likeness (QED) is 0.365. The van der Waals surface area contributed by atoms with E-state index in [-0.39, 0.29) is 89.3 Å². The summed E-state index contributed by atoms with van der Waals surface area (Å²) in [7, 11) is 0. The SMILES string of the molecule is O.O=C(O)O.O=C(O)O.[AlH3].[Ca+2].[H-].[H-].[H-].[H-].[Mg+2]. The molecule has 0 aromatic heterocycles. The average Bonchev–Trinajstić information content (AvgIpc) is 1.25. The van der Waals surface area contributed by atoms with Crippen LogP contribution in [-0.2, 0) is 0 Å². The van der Waals surface area contributed by atoms with E-state index in [0.29, 0.717) is 0 Å². The zero-order valence-corrected chi connectivity index (χ0v) is 9.14. The molecule has 0 bridgehead atoms. The normalized spacial score (nSPS) is 4.00. The smallest absolute Gasteiger partial charge is 1.00 e. The van der Waals surface area contributed by atoms with E-state index in [0.717, 1.165) is 0 Å². The summed E-state index contributed by atoms with van der Waals surface area (Å²) < 4.78 is 0. The van der Waals surface area contributed by atoms with Gasteiger partial charge in [-0.3, -0.25) is 0 Å². The Morgan fingerprint density at radius 1 is 0.917 bits per heavy atom. The van der Waals surface area contributed by atoms with Crippen molar-refractivity contribution < 1.29 is 41.2 Å². The fraction of sp³-hybridized carbons (Fsp3) is 0. The molecule has 0 aromatic carbocycles. The molecule has 10 heteroatoms. The Morgan fingerprint density at radius 2 is 0.917 bits per heavy atom. The molecule has 0 atom stereocenters. The van der Waals surface area contributed by atoms with E-state index in [4.69, 9.17) is 30.0 Å². The van der Waals surface area contributed by atoms with Crippen LogP contribution in [0.1, 0.15) is 5.71 Å². The third-order valence-corrected chi connectivity index (χ3v) is 0. The Bertz CT molecular complexity index is 92.4. The van der Waals surface area contributed by atoms with Crippen LogP contribution < -0.4 is 0 Å². The number of hydrogen-bond donors (Lipinski definition) is 4. The van der Waals surface area contributed by atoms with Crippen LogP contribution in [0.3, 0.4) is 0 Å². The summed E-state index contributed by atoms with van der Waals surface area (Å²) in [5, 5.41) is 27.9. The molecule has 0 radical (unpaired) electrons. The van der Waals surface area contributed by atoms with Crippen molar-refractivity contribution in [3.05, 3.63) is 0 Å². The maximum Gasteiger partial charge on any atom is 2.00 e. The number of rotatable bonds is 0. The van der Waals surface area contributed by atoms with Crippen molar-refractivity contribution in [1.82, 2.24) is 0 Å². The molecule has 6 N–H and O–H groups in total. The van der Waals surface area contributed by atoms with Crippen LogP contribution in [0.25, 0.3) is 0 Å². The summed E-state index contributed by atoms with van der Waals surface area (Å²) in [6.45, 7) is 0. The molecule has 0 spiro atoms. The zero-order valence-electron chi connectivity index (χ0n) is 9.52. The van der Waals surface area contributed by atoms with Crippen LogP contribution in [0.5, 0.6) is 0 Å². The van der Waals surface area contributed by atoms with Crippen molar-refractivity contribution in [2.75, 3.05) is 0 Å². The predicted molar refractivity (Wildman–Crippen MR) is 50.8 cm³/mol. The molecule has 0 aliphatic rings. The summed E-state index contributed by atoms with van der Waals surface area (Å²) in [5.74, 6) is 0. The first-order chi connectivity index (χ1) is 3.46. The minimum absolute atomic E-state index is 0. The van der Waals surface area contributed by atoms with E-state index >= 15 is 0 Å². The molecular weight excluding hydrogens is 227 g/mol. The summed E-state index contributed by atoms with van der Waals surface area (Å²) in [4.78, 5) is 17.1. The maximum atomic E-state index is 8.56. The van der Waals surface area contributed by atoms with Crippen molar-refractivity contribution in [2.24, 2.45) is 0 Å². The molecule has 7 nitrogen and oxygen atoms in total. The van der Waals surface area contributed by atoms with Gasteiger partial charge in [-0.15, -0.1) is 0 Å². The second-order valence-corrected chi connectivity index (χ2v) is 0.565. The molecule has 0 heterocycles. The molecule has 0 saturated carbocycles. The third kappa shape index (κ3) is 999. The van der Waals surface area contributed by atoms with Crippen LogP contribution in [-0.4, -0.2) is 116 Å². The van der Waals surface area contributed by atoms with E-state index in [9.17, 15) is 0 Å². The van der Waals surface area contributed by atoms with Gasteiger partial charge in [-0.1, -0.05) is 0 Å². The van der Waals surface area contributed by atoms with Gasteiger partial charge in [-0.05, 0) is 0 Å². The first-order valence-electron chi connectivity index (χ1n) is 1.30. The first kappa shape index (κ1) is 38.1. The van der Waals surface area contributed by atoms with E-state index < -0.39 is 12.3 Å². The van der Waals surface area contributed by atoms with Crippen molar-refractivity contribution in [3.8, 4) is 0 Å². The molecule has 12 heavy (non-hydrogen) atoms. The van der Waals surface area contributed by atoms with Crippen molar-refractivity contribution >= 4 is 90.5 Å². The van der Waals surface area contributed by atoms with E-state index in [2.05, 4.69) is 0 Å². The molecule has 0 amide bonds. The van der Waals surface area contributed by atoms with Crippen LogP contribution in [0, 0.1) is 0 Å². The van der Waals surface area contributed by atoms with Gasteiger partial charge >= 0.3 is 73.1 Å². The fourth-order valence-electron chi connectivity index (χ4n) is 0. The van der Waals surface area contributed by atoms with Gasteiger partial charge in [0.2, 0.25) is 0 Å². The van der Waals surface area contributed by atoms with Gasteiger partial charge in [0.1, 0.15) is 0 Å². The summed E-state index contributed by atoms with van der Waals surface area (Å²) >= 11 is 0. The van der Waals surface area contributed by atoms with Gasteiger partial charge in [0.15, 0.2) is 17.4 Å². The summed E-state index contributed by atoms with van der Waals surface area (Å²) in [6.07, 6.45) is -3.67. The molecule has 0 fully saturated rings. The van der Waals surface area contributed by atoms with Crippen LogP contribution in [0.4, 0.5) is 9.59 Å². The van der Waals surface area contributed by atoms with E-state index in [1.165, 1.54) is 0 Å². The minimum atomic E-state index is -1.83. The Morgan fingerprint density at radius 3 is 0.917 bits per heavy atom. The molecule has 0 aliphatic heterocycles. The second kappa shape index (κ2) is 29.6. The molecule has 0 aliphatic carbocycles. The van der Waals surface area contributed by atoms with Gasteiger partial charge in [0.05, 0.1) is 0 Å². The maximum absolute atomic E-state index is 8.56. The molecule has 0 unspecified atom stereocenters. The summed E-state index contributed by atoms with van der Waals surface area (Å²) in [6, 6.07) is 0. The second-order valence-electron chi connectivity index (χ2n) is 0.565. The largest absolute Gasteiger partial charge is 2.00 e. The topological polar surface area (TPSA) is 147 Å². The number of carboxylic acid groups (broad SMARTS) is 4. The van der Waals surface area contributed by atoms with Gasteiger partial charge in [0.25, 0.3) is 0 Å². The van der Waals surface area contributed by atoms with Gasteiger partial charge in [-0.2, -0.15) is 0 Å². The monoisotopic (exact) mass is 240 g/mol. The van der Waals surface area contributed by atoms with Crippen LogP contribution >= 0.6 is 0 Å². The average molecular weight is 240 g/mol. The number of hydrogen-bond acceptors (Lipinski definition) is 2. The molecule has 0 aromatic rings. The van der Waals surface area contributed by atoms with Crippen molar-refractivity contribution in [1.29, 1.82) is 0 Å². The van der Waals surface area contributed by atoms with Crippen molar-refractivity contribution in [3.63, 3.8) is 0 Å². The van der Waals surface area contributed by atoms with Gasteiger partial charge < -0.3 is 31.6 Å². The van der Waals surface area contributed by atoms with Gasteiger partial charge in [0, 0.05) is 0 Å². The molecule has 70 valence electrons. The van der Waals surface area contributed by atoms with Crippen LogP contribution in [0.2, 0.25) is 0 Å². The summed E-state index contributed by atoms with van der Waals surface area (Å²) in [5.41, 5.74) is 0. The Labute approximate surface area is 130 Å². The third-order valence-electron chi connectivity index (χ3n) is 0. The number of carbonyl (C=O) groups is 2. The molecule has 0 saturated heterocycles. The Balaban J connectivity index is -0.00000000375. The van der Waals surface area contributed by atoms with Gasteiger partial charge in [-0.25, -0.2) is 9.59 Å². The zero-order chi connectivity index (χ0) is 7.15. The fourth-order valence-corrected chi connectivity index (χ4v) is 0.